The first kappa shape index (κ1) is 23.9. The molecule has 0 bridgehead atoms. The Morgan fingerprint density at radius 2 is 1.62 bits per heavy atom. The summed E-state index contributed by atoms with van der Waals surface area (Å²) >= 11 is 0. The lowest BCUT2D eigenvalue weighted by atomic mass is 10.0. The molecule has 0 aromatic heterocycles. The minimum absolute atomic E-state index is 0.128. The highest BCUT2D eigenvalue weighted by Gasteiger charge is 2.39. The summed E-state index contributed by atoms with van der Waals surface area (Å²) < 4.78 is 16.8. The van der Waals surface area contributed by atoms with Crippen LogP contribution < -0.4 is 19.7 Å². The van der Waals surface area contributed by atoms with Crippen molar-refractivity contribution >= 4 is 18.9 Å². The van der Waals surface area contributed by atoms with Crippen LogP contribution >= 0.6 is 7.92 Å². The molecule has 0 saturated carbocycles. The molecule has 1 aliphatic heterocycles. The fourth-order valence-electron chi connectivity index (χ4n) is 4.00. The number of fused-ring (bicyclic) bond motifs is 1. The highest BCUT2D eigenvalue weighted by atomic mass is 31.1. The van der Waals surface area contributed by atoms with Gasteiger partial charge in [0.25, 0.3) is 0 Å². The smallest absolute Gasteiger partial charge is 0.130 e. The molecule has 2 aromatic carbocycles. The number of nitrogens with zero attached hydrogens (tertiary/aromatic N) is 1. The van der Waals surface area contributed by atoms with Crippen LogP contribution in [0.25, 0.3) is 11.1 Å². The van der Waals surface area contributed by atoms with Gasteiger partial charge in [0.2, 0.25) is 0 Å². The van der Waals surface area contributed by atoms with Crippen molar-refractivity contribution in [2.24, 2.45) is 0 Å². The largest absolute Gasteiger partial charge is 0.497 e. The van der Waals surface area contributed by atoms with Gasteiger partial charge >= 0.3 is 0 Å². The van der Waals surface area contributed by atoms with Gasteiger partial charge in [-0.2, -0.15) is 0 Å². The normalized spacial score (nSPS) is 16.3. The molecular formula is C27H34NO3P. The molecule has 2 aromatic rings. The van der Waals surface area contributed by atoms with Crippen molar-refractivity contribution in [2.45, 2.75) is 32.9 Å². The van der Waals surface area contributed by atoms with E-state index < -0.39 is 7.92 Å². The summed E-state index contributed by atoms with van der Waals surface area (Å²) in [7, 11) is 4.56. The van der Waals surface area contributed by atoms with Crippen LogP contribution in [0.1, 0.15) is 27.7 Å². The van der Waals surface area contributed by atoms with Gasteiger partial charge in [-0.15, -0.1) is 0 Å². The van der Waals surface area contributed by atoms with E-state index in [9.17, 15) is 0 Å². The van der Waals surface area contributed by atoms with Gasteiger partial charge in [0.05, 0.1) is 26.9 Å². The Bertz CT molecular complexity index is 1030. The van der Waals surface area contributed by atoms with Crippen molar-refractivity contribution in [2.75, 3.05) is 32.5 Å². The minimum Gasteiger partial charge on any atom is -0.497 e. The van der Waals surface area contributed by atoms with Gasteiger partial charge in [0.1, 0.15) is 17.3 Å². The highest BCUT2D eigenvalue weighted by Crippen LogP contribution is 2.58. The summed E-state index contributed by atoms with van der Waals surface area (Å²) in [5.74, 6) is 2.28. The number of anilines is 1. The lowest BCUT2D eigenvalue weighted by molar-refractivity contribution is 0.309. The van der Waals surface area contributed by atoms with Crippen LogP contribution in [0.5, 0.6) is 11.5 Å². The molecule has 1 unspecified atom stereocenters. The maximum Gasteiger partial charge on any atom is 0.130 e. The predicted octanol–water partition coefficient (Wildman–Crippen LogP) is 6.67. The van der Waals surface area contributed by atoms with E-state index in [0.717, 1.165) is 29.0 Å². The van der Waals surface area contributed by atoms with E-state index >= 15 is 0 Å². The molecule has 0 fully saturated rings. The monoisotopic (exact) mass is 451 g/mol. The fourth-order valence-corrected chi connectivity index (χ4v) is 6.78. The zero-order valence-corrected chi connectivity index (χ0v) is 21.1. The van der Waals surface area contributed by atoms with Gasteiger partial charge in [0, 0.05) is 23.0 Å². The van der Waals surface area contributed by atoms with Crippen LogP contribution in [0.2, 0.25) is 0 Å². The molecule has 1 heterocycles. The summed E-state index contributed by atoms with van der Waals surface area (Å²) in [4.78, 5) is 2.41. The molecule has 32 heavy (non-hydrogen) atoms. The Morgan fingerprint density at radius 1 is 1.00 bits per heavy atom. The fraction of sp³-hybridized carbons (Fsp3) is 0.333. The van der Waals surface area contributed by atoms with Crippen LogP contribution in [-0.2, 0) is 4.74 Å². The first-order valence-corrected chi connectivity index (χ1v) is 12.3. The first-order chi connectivity index (χ1) is 15.3. The van der Waals surface area contributed by atoms with Crippen LogP contribution in [0.4, 0.5) is 5.69 Å². The summed E-state index contributed by atoms with van der Waals surface area (Å²) in [6.45, 7) is 13.0. The van der Waals surface area contributed by atoms with Crippen molar-refractivity contribution in [3.05, 3.63) is 72.7 Å². The summed E-state index contributed by atoms with van der Waals surface area (Å²) in [5.41, 5.74) is 4.56. The topological polar surface area (TPSA) is 30.9 Å². The molecule has 4 nitrogen and oxygen atoms in total. The number of hydrogen-bond acceptors (Lipinski definition) is 4. The SMILES string of the molecule is C=C(/C=C\C(=C/C)N1CP(C(C)(C)C)c2c(-c3c(OC)cccc3OC)cccc21)OC. The van der Waals surface area contributed by atoms with Crippen LogP contribution in [0.15, 0.2) is 72.7 Å². The second-order valence-electron chi connectivity index (χ2n) is 8.60. The summed E-state index contributed by atoms with van der Waals surface area (Å²) in [6.07, 6.45) is 7.08. The molecule has 1 atom stereocenters. The summed E-state index contributed by atoms with van der Waals surface area (Å²) in [5, 5.41) is 1.51. The molecule has 3 rings (SSSR count). The molecule has 0 spiro atoms. The molecule has 0 N–H and O–H groups in total. The standard InChI is InChI=1S/C27H34NO3P/c1-9-20(17-16-19(2)29-6)28-18-32(27(3,4)5)26-21(12-10-13-22(26)28)25-23(30-7)14-11-15-24(25)31-8/h9-17H,2,18H2,1,3-8H3/b17-16-,20-9+. The molecule has 0 radical (unpaired) electrons. The Hall–Kier alpha value is -2.71. The highest BCUT2D eigenvalue weighted by molar-refractivity contribution is 7.68. The quantitative estimate of drug-likeness (QED) is 0.267. The Labute approximate surface area is 193 Å². The zero-order chi connectivity index (χ0) is 23.5. The molecule has 170 valence electrons. The second kappa shape index (κ2) is 9.83. The van der Waals surface area contributed by atoms with Gasteiger partial charge < -0.3 is 19.1 Å². The summed E-state index contributed by atoms with van der Waals surface area (Å²) in [6, 6.07) is 12.5. The van der Waals surface area contributed by atoms with Gasteiger partial charge in [-0.05, 0) is 55.9 Å². The average molecular weight is 452 g/mol. The number of benzene rings is 2. The maximum absolute atomic E-state index is 5.76. The third-order valence-corrected chi connectivity index (χ3v) is 8.87. The van der Waals surface area contributed by atoms with Crippen molar-refractivity contribution in [3.63, 3.8) is 0 Å². The molecule has 5 heteroatoms. The number of ether oxygens (including phenoxy) is 3. The number of rotatable bonds is 7. The third-order valence-electron chi connectivity index (χ3n) is 5.67. The van der Waals surface area contributed by atoms with E-state index in [-0.39, 0.29) is 5.16 Å². The number of methoxy groups -OCH3 is 3. The van der Waals surface area contributed by atoms with E-state index in [1.165, 1.54) is 16.6 Å². The average Bonchev–Trinajstić information content (AvgIpc) is 3.19. The van der Waals surface area contributed by atoms with E-state index in [2.05, 4.69) is 69.5 Å². The van der Waals surface area contributed by atoms with Crippen molar-refractivity contribution in [1.82, 2.24) is 0 Å². The molecule has 0 saturated heterocycles. The van der Waals surface area contributed by atoms with Gasteiger partial charge in [-0.3, -0.25) is 0 Å². The molecular weight excluding hydrogens is 417 g/mol. The van der Waals surface area contributed by atoms with Gasteiger partial charge in [-0.25, -0.2) is 0 Å². The van der Waals surface area contributed by atoms with E-state index in [4.69, 9.17) is 14.2 Å². The third kappa shape index (κ3) is 4.56. The Balaban J connectivity index is 2.24. The second-order valence-corrected chi connectivity index (χ2v) is 11.5. The van der Waals surface area contributed by atoms with Crippen molar-refractivity contribution in [3.8, 4) is 22.6 Å². The molecule has 1 aliphatic rings. The lowest BCUT2D eigenvalue weighted by Gasteiger charge is -2.30. The van der Waals surface area contributed by atoms with E-state index in [1.54, 1.807) is 21.3 Å². The van der Waals surface area contributed by atoms with Gasteiger partial charge in [-0.1, -0.05) is 51.6 Å². The molecule has 0 amide bonds. The van der Waals surface area contributed by atoms with E-state index in [1.807, 2.05) is 24.3 Å². The number of hydrogen-bond donors (Lipinski definition) is 0. The number of allylic oxidation sites excluding steroid dienone is 3. The zero-order valence-electron chi connectivity index (χ0n) is 20.2. The predicted molar refractivity (Wildman–Crippen MR) is 138 cm³/mol. The van der Waals surface area contributed by atoms with Crippen LogP contribution in [0.3, 0.4) is 0 Å². The van der Waals surface area contributed by atoms with Crippen LogP contribution in [-0.4, -0.2) is 32.8 Å². The Kier molecular flexibility index (Phi) is 7.36. The van der Waals surface area contributed by atoms with Crippen molar-refractivity contribution in [1.29, 1.82) is 0 Å². The Morgan fingerprint density at radius 3 is 2.16 bits per heavy atom. The van der Waals surface area contributed by atoms with Crippen LogP contribution in [0, 0.1) is 0 Å². The maximum atomic E-state index is 5.76. The lowest BCUT2D eigenvalue weighted by Crippen LogP contribution is -2.21. The molecule has 0 aliphatic carbocycles. The van der Waals surface area contributed by atoms with Crippen molar-refractivity contribution < 1.29 is 14.2 Å². The minimum atomic E-state index is -0.502. The van der Waals surface area contributed by atoms with E-state index in [0.29, 0.717) is 5.76 Å². The van der Waals surface area contributed by atoms with Gasteiger partial charge in [0.15, 0.2) is 0 Å². The first-order valence-electron chi connectivity index (χ1n) is 10.7.